The third-order valence-corrected chi connectivity index (χ3v) is 0.636. The summed E-state index contributed by atoms with van der Waals surface area (Å²) in [4.78, 5) is 10.6. The highest BCUT2D eigenvalue weighted by Gasteiger charge is 2.00. The van der Waals surface area contributed by atoms with E-state index in [0.717, 1.165) is 6.08 Å². The molecule has 0 aromatic rings. The molecule has 0 spiro atoms. The maximum Gasteiger partial charge on any atom is 0.334 e. The first-order chi connectivity index (χ1) is 4.52. The topological polar surface area (TPSA) is 78.3 Å². The fourth-order valence-corrected chi connectivity index (χ4v) is 0.402. The Kier molecular flexibility index (Phi) is 6.78. The quantitative estimate of drug-likeness (QED) is 0.467. The summed E-state index contributed by atoms with van der Waals surface area (Å²) in [7, 11) is 0. The monoisotopic (exact) mass is 180 g/mol. The molecule has 66 valence electrons. The predicted molar refractivity (Wildman–Crippen MR) is 44.9 cm³/mol. The van der Waals surface area contributed by atoms with Crippen molar-refractivity contribution in [1.29, 1.82) is 0 Å². The molecule has 0 heterocycles. The number of esters is 1. The molecule has 5 heteroatoms. The summed E-state index contributed by atoms with van der Waals surface area (Å²) in [5, 5.41) is 0. The molecule has 0 fully saturated rings. The van der Waals surface area contributed by atoms with Crippen LogP contribution >= 0.6 is 12.4 Å². The minimum atomic E-state index is -0.505. The minimum Gasteiger partial charge on any atom is -0.460 e. The van der Waals surface area contributed by atoms with Crippen LogP contribution in [0.5, 0.6) is 0 Å². The summed E-state index contributed by atoms with van der Waals surface area (Å²) in [6.45, 7) is 3.50. The zero-order chi connectivity index (χ0) is 8.15. The van der Waals surface area contributed by atoms with E-state index in [1.165, 1.54) is 0 Å². The molecular formula is C6H13ClN2O2. The second-order valence-corrected chi connectivity index (χ2v) is 2.13. The van der Waals surface area contributed by atoms with Gasteiger partial charge in [0.2, 0.25) is 0 Å². The standard InChI is InChI=1S/C6H12N2O2.ClH/c1-4(2)10-6(9)3-5(7)8;/h3-4H,7-8H2,1-2H3;1H. The number of carbonyl (C=O) groups is 1. The average molecular weight is 181 g/mol. The van der Waals surface area contributed by atoms with Crippen LogP contribution in [0.4, 0.5) is 0 Å². The van der Waals surface area contributed by atoms with Gasteiger partial charge >= 0.3 is 5.97 Å². The molecule has 0 saturated heterocycles. The van der Waals surface area contributed by atoms with E-state index >= 15 is 0 Å². The van der Waals surface area contributed by atoms with Crippen LogP contribution in [0, 0.1) is 0 Å². The van der Waals surface area contributed by atoms with Gasteiger partial charge in [-0.15, -0.1) is 12.4 Å². The summed E-state index contributed by atoms with van der Waals surface area (Å²) in [6, 6.07) is 0. The first-order valence-electron chi connectivity index (χ1n) is 2.95. The van der Waals surface area contributed by atoms with Crippen LogP contribution in [0.1, 0.15) is 13.8 Å². The van der Waals surface area contributed by atoms with E-state index in [-0.39, 0.29) is 24.3 Å². The zero-order valence-corrected chi connectivity index (χ0v) is 7.35. The Bertz CT molecular complexity index is 153. The fraction of sp³-hybridized carbons (Fsp3) is 0.500. The summed E-state index contributed by atoms with van der Waals surface area (Å²) in [5.74, 6) is -0.541. The van der Waals surface area contributed by atoms with Crippen LogP contribution in [-0.4, -0.2) is 12.1 Å². The SMILES string of the molecule is CC(C)OC(=O)C=C(N)N.Cl. The van der Waals surface area contributed by atoms with Gasteiger partial charge in [0.1, 0.15) is 5.82 Å². The maximum atomic E-state index is 10.6. The molecule has 11 heavy (non-hydrogen) atoms. The van der Waals surface area contributed by atoms with Crippen molar-refractivity contribution in [2.45, 2.75) is 20.0 Å². The molecule has 0 atom stereocenters. The number of hydrogen-bond acceptors (Lipinski definition) is 4. The lowest BCUT2D eigenvalue weighted by Crippen LogP contribution is -2.14. The largest absolute Gasteiger partial charge is 0.460 e. The summed E-state index contributed by atoms with van der Waals surface area (Å²) >= 11 is 0. The Morgan fingerprint density at radius 3 is 2.18 bits per heavy atom. The second kappa shape index (κ2) is 5.85. The second-order valence-electron chi connectivity index (χ2n) is 2.13. The number of hydrogen-bond donors (Lipinski definition) is 2. The zero-order valence-electron chi connectivity index (χ0n) is 6.53. The van der Waals surface area contributed by atoms with Crippen molar-refractivity contribution >= 4 is 18.4 Å². The molecule has 0 aromatic carbocycles. The van der Waals surface area contributed by atoms with Gasteiger partial charge in [0.15, 0.2) is 0 Å². The van der Waals surface area contributed by atoms with Crippen molar-refractivity contribution in [3.05, 3.63) is 11.9 Å². The van der Waals surface area contributed by atoms with Gasteiger partial charge in [-0.2, -0.15) is 0 Å². The Balaban J connectivity index is 0. The van der Waals surface area contributed by atoms with Crippen molar-refractivity contribution < 1.29 is 9.53 Å². The van der Waals surface area contributed by atoms with E-state index in [9.17, 15) is 4.79 Å². The van der Waals surface area contributed by atoms with Gasteiger partial charge in [0, 0.05) is 0 Å². The molecular weight excluding hydrogens is 168 g/mol. The lowest BCUT2D eigenvalue weighted by Gasteiger charge is -2.03. The molecule has 0 aromatic heterocycles. The van der Waals surface area contributed by atoms with Crippen molar-refractivity contribution in [2.75, 3.05) is 0 Å². The molecule has 0 saturated carbocycles. The lowest BCUT2D eigenvalue weighted by molar-refractivity contribution is -0.141. The first-order valence-corrected chi connectivity index (χ1v) is 2.95. The molecule has 0 aliphatic carbocycles. The van der Waals surface area contributed by atoms with Crippen LogP contribution in [-0.2, 0) is 9.53 Å². The van der Waals surface area contributed by atoms with E-state index in [0.29, 0.717) is 0 Å². The Hall–Kier alpha value is -0.900. The third kappa shape index (κ3) is 9.10. The van der Waals surface area contributed by atoms with Crippen molar-refractivity contribution in [3.8, 4) is 0 Å². The molecule has 0 aliphatic heterocycles. The van der Waals surface area contributed by atoms with Crippen LogP contribution in [0.3, 0.4) is 0 Å². The average Bonchev–Trinajstić information content (AvgIpc) is 1.58. The highest BCUT2D eigenvalue weighted by Crippen LogP contribution is 1.89. The molecule has 4 nitrogen and oxygen atoms in total. The number of nitrogens with two attached hydrogens (primary N) is 2. The Morgan fingerprint density at radius 1 is 1.45 bits per heavy atom. The smallest absolute Gasteiger partial charge is 0.334 e. The van der Waals surface area contributed by atoms with Crippen LogP contribution < -0.4 is 11.5 Å². The number of ether oxygens (including phenoxy) is 1. The maximum absolute atomic E-state index is 10.6. The van der Waals surface area contributed by atoms with Gasteiger partial charge in [-0.25, -0.2) is 4.79 Å². The Labute approximate surface area is 72.0 Å². The highest BCUT2D eigenvalue weighted by atomic mass is 35.5. The molecule has 0 radical (unpaired) electrons. The van der Waals surface area contributed by atoms with Gasteiger partial charge in [-0.1, -0.05) is 0 Å². The normalized spacial score (nSPS) is 8.27. The van der Waals surface area contributed by atoms with E-state index in [1.807, 2.05) is 0 Å². The number of halogens is 1. The lowest BCUT2D eigenvalue weighted by atomic mass is 10.5. The van der Waals surface area contributed by atoms with E-state index in [1.54, 1.807) is 13.8 Å². The molecule has 0 rings (SSSR count). The number of carbonyl (C=O) groups excluding carboxylic acids is 1. The van der Waals surface area contributed by atoms with Gasteiger partial charge in [-0.05, 0) is 13.8 Å². The summed E-state index contributed by atoms with van der Waals surface area (Å²) in [6.07, 6.45) is 0.906. The highest BCUT2D eigenvalue weighted by molar-refractivity contribution is 5.85. The van der Waals surface area contributed by atoms with Gasteiger partial charge in [0.05, 0.1) is 12.2 Å². The molecule has 0 unspecified atom stereocenters. The molecule has 4 N–H and O–H groups in total. The molecule has 0 bridgehead atoms. The van der Waals surface area contributed by atoms with E-state index in [2.05, 4.69) is 4.74 Å². The van der Waals surface area contributed by atoms with Crippen LogP contribution in [0.2, 0.25) is 0 Å². The van der Waals surface area contributed by atoms with Gasteiger partial charge < -0.3 is 16.2 Å². The summed E-state index contributed by atoms with van der Waals surface area (Å²) in [5.41, 5.74) is 10.0. The minimum absolute atomic E-state index is 0. The predicted octanol–water partition coefficient (Wildman–Crippen LogP) is 0.119. The van der Waals surface area contributed by atoms with Crippen molar-refractivity contribution in [3.63, 3.8) is 0 Å². The van der Waals surface area contributed by atoms with Crippen molar-refractivity contribution in [1.82, 2.24) is 0 Å². The first kappa shape index (κ1) is 12.7. The van der Waals surface area contributed by atoms with Gasteiger partial charge in [-0.3, -0.25) is 0 Å². The van der Waals surface area contributed by atoms with Crippen molar-refractivity contribution in [2.24, 2.45) is 11.5 Å². The molecule has 0 amide bonds. The fourth-order valence-electron chi connectivity index (χ4n) is 0.402. The van der Waals surface area contributed by atoms with Crippen LogP contribution in [0.15, 0.2) is 11.9 Å². The summed E-state index contributed by atoms with van der Waals surface area (Å²) < 4.78 is 4.69. The van der Waals surface area contributed by atoms with Gasteiger partial charge in [0.25, 0.3) is 0 Å². The molecule has 0 aliphatic rings. The van der Waals surface area contributed by atoms with E-state index in [4.69, 9.17) is 11.5 Å². The van der Waals surface area contributed by atoms with E-state index < -0.39 is 5.97 Å². The third-order valence-electron chi connectivity index (χ3n) is 0.636. The van der Waals surface area contributed by atoms with Crippen LogP contribution in [0.25, 0.3) is 0 Å². The Morgan fingerprint density at radius 2 is 1.91 bits per heavy atom. The number of rotatable bonds is 2.